The van der Waals surface area contributed by atoms with Crippen LogP contribution in [0.15, 0.2) is 10.6 Å². The minimum absolute atomic E-state index is 0. The SMILES string of the molecule is CC(O)[C@H]1C(=O)N2C(C(=O)O)=C(S[C@@H]3CN[C@H](C(=O)N4CCNCC4C)C3)[C@H](C)[C@H]12.Cl. The number of aliphatic hydroxyl groups excluding tert-OH is 1. The maximum Gasteiger partial charge on any atom is 0.353 e. The van der Waals surface area contributed by atoms with E-state index in [0.717, 1.165) is 13.1 Å². The second kappa shape index (κ2) is 9.27. The molecule has 4 aliphatic rings. The molecule has 7 atom stereocenters. The van der Waals surface area contributed by atoms with Crippen LogP contribution in [0.4, 0.5) is 0 Å². The maximum absolute atomic E-state index is 12.9. The lowest BCUT2D eigenvalue weighted by atomic mass is 9.79. The number of fused-ring (bicyclic) bond motifs is 1. The molecule has 0 aromatic rings. The Hall–Kier alpha value is -1.33. The van der Waals surface area contributed by atoms with Gasteiger partial charge in [0.2, 0.25) is 11.8 Å². The molecule has 4 aliphatic heterocycles. The molecule has 0 aliphatic carbocycles. The molecule has 0 radical (unpaired) electrons. The lowest BCUT2D eigenvalue weighted by Gasteiger charge is -2.46. The third-order valence-electron chi connectivity index (χ3n) is 6.78. The van der Waals surface area contributed by atoms with Gasteiger partial charge < -0.3 is 30.6 Å². The molecule has 0 spiro atoms. The number of amides is 2. The Bertz CT molecular complexity index is 794. The Morgan fingerprint density at radius 2 is 1.97 bits per heavy atom. The molecule has 4 heterocycles. The van der Waals surface area contributed by atoms with Crippen molar-refractivity contribution in [3.05, 3.63) is 10.6 Å². The quantitative estimate of drug-likeness (QED) is 0.406. The van der Waals surface area contributed by atoms with Gasteiger partial charge in [-0.3, -0.25) is 9.59 Å². The van der Waals surface area contributed by atoms with Crippen molar-refractivity contribution in [2.24, 2.45) is 11.8 Å². The summed E-state index contributed by atoms with van der Waals surface area (Å²) in [5.74, 6) is -2.04. The fraction of sp³-hybridized carbons (Fsp3) is 0.750. The van der Waals surface area contributed by atoms with Gasteiger partial charge in [0.15, 0.2) is 0 Å². The Morgan fingerprint density at radius 3 is 2.58 bits per heavy atom. The van der Waals surface area contributed by atoms with Gasteiger partial charge in [-0.25, -0.2) is 4.79 Å². The smallest absolute Gasteiger partial charge is 0.353 e. The lowest BCUT2D eigenvalue weighted by molar-refractivity contribution is -0.163. The van der Waals surface area contributed by atoms with Gasteiger partial charge >= 0.3 is 5.97 Å². The average Bonchev–Trinajstić information content (AvgIpc) is 3.24. The van der Waals surface area contributed by atoms with Crippen LogP contribution in [0, 0.1) is 11.8 Å². The molecule has 9 nitrogen and oxygen atoms in total. The van der Waals surface area contributed by atoms with Crippen molar-refractivity contribution < 1.29 is 24.6 Å². The summed E-state index contributed by atoms with van der Waals surface area (Å²) in [7, 11) is 0. The molecular formula is C20H31ClN4O5S. The molecule has 2 unspecified atom stereocenters. The van der Waals surface area contributed by atoms with Gasteiger partial charge in [0.1, 0.15) is 5.70 Å². The molecular weight excluding hydrogens is 444 g/mol. The van der Waals surface area contributed by atoms with Crippen LogP contribution in [-0.4, -0.2) is 93.5 Å². The van der Waals surface area contributed by atoms with Crippen LogP contribution in [-0.2, 0) is 14.4 Å². The molecule has 3 fully saturated rings. The molecule has 174 valence electrons. The fourth-order valence-electron chi connectivity index (χ4n) is 5.21. The van der Waals surface area contributed by atoms with E-state index < -0.39 is 18.0 Å². The number of carboxylic acids is 1. The van der Waals surface area contributed by atoms with Crippen molar-refractivity contribution in [3.63, 3.8) is 0 Å². The predicted molar refractivity (Wildman–Crippen MR) is 119 cm³/mol. The summed E-state index contributed by atoms with van der Waals surface area (Å²) in [5.41, 5.74) is 0.0462. The Kier molecular flexibility index (Phi) is 7.27. The van der Waals surface area contributed by atoms with Crippen molar-refractivity contribution in [2.45, 2.75) is 56.7 Å². The molecule has 0 bridgehead atoms. The Morgan fingerprint density at radius 1 is 1.26 bits per heavy atom. The standard InChI is InChI=1S/C20H30N4O5S.ClH/c1-9-7-21-4-5-23(9)18(26)13-6-12(8-22-13)30-17-10(2)15-14(11(3)25)19(27)24(15)16(17)20(28)29;/h9-15,21-22,25H,4-8H2,1-3H3,(H,28,29);1H/t9?,10-,11?,12+,13+,14-,15-;/m1./s1. The summed E-state index contributed by atoms with van der Waals surface area (Å²) in [6.07, 6.45) is -0.182. The van der Waals surface area contributed by atoms with Crippen LogP contribution < -0.4 is 10.6 Å². The molecule has 2 amide bonds. The number of hydrogen-bond acceptors (Lipinski definition) is 7. The van der Waals surface area contributed by atoms with Gasteiger partial charge in [-0.1, -0.05) is 6.92 Å². The summed E-state index contributed by atoms with van der Waals surface area (Å²) in [4.78, 5) is 41.3. The van der Waals surface area contributed by atoms with Crippen LogP contribution in [0.3, 0.4) is 0 Å². The summed E-state index contributed by atoms with van der Waals surface area (Å²) >= 11 is 1.47. The highest BCUT2D eigenvalue weighted by Gasteiger charge is 2.60. The zero-order valence-electron chi connectivity index (χ0n) is 17.9. The third kappa shape index (κ3) is 4.08. The number of halogens is 1. The zero-order chi connectivity index (χ0) is 21.7. The molecule has 0 saturated carbocycles. The molecule has 31 heavy (non-hydrogen) atoms. The Balaban J connectivity index is 0.00000272. The highest BCUT2D eigenvalue weighted by molar-refractivity contribution is 8.03. The zero-order valence-corrected chi connectivity index (χ0v) is 19.5. The summed E-state index contributed by atoms with van der Waals surface area (Å²) < 4.78 is 0. The van der Waals surface area contributed by atoms with E-state index in [1.165, 1.54) is 16.7 Å². The van der Waals surface area contributed by atoms with Crippen molar-refractivity contribution >= 4 is 42.0 Å². The molecule has 4 rings (SSSR count). The normalized spacial score (nSPS) is 36.1. The van der Waals surface area contributed by atoms with Crippen molar-refractivity contribution in [3.8, 4) is 0 Å². The van der Waals surface area contributed by atoms with Gasteiger partial charge in [0, 0.05) is 48.3 Å². The van der Waals surface area contributed by atoms with Crippen molar-refractivity contribution in [2.75, 3.05) is 26.2 Å². The number of β-lactam (4-membered cyclic amide) rings is 1. The molecule has 4 N–H and O–H groups in total. The van der Waals surface area contributed by atoms with Crippen LogP contribution in [0.2, 0.25) is 0 Å². The second-order valence-electron chi connectivity index (χ2n) is 8.79. The van der Waals surface area contributed by atoms with Gasteiger partial charge in [-0.15, -0.1) is 24.2 Å². The number of hydrogen-bond donors (Lipinski definition) is 4. The van der Waals surface area contributed by atoms with Gasteiger partial charge in [-0.2, -0.15) is 0 Å². The first-order chi connectivity index (χ1) is 14.2. The highest BCUT2D eigenvalue weighted by atomic mass is 35.5. The van der Waals surface area contributed by atoms with E-state index in [0.29, 0.717) is 24.4 Å². The van der Waals surface area contributed by atoms with E-state index in [2.05, 4.69) is 10.6 Å². The van der Waals surface area contributed by atoms with Gasteiger partial charge in [0.05, 0.1) is 24.1 Å². The average molecular weight is 475 g/mol. The summed E-state index contributed by atoms with van der Waals surface area (Å²) in [5, 5.41) is 26.4. The number of rotatable bonds is 5. The van der Waals surface area contributed by atoms with E-state index in [-0.39, 0.29) is 59.2 Å². The second-order valence-corrected chi connectivity index (χ2v) is 10.1. The number of nitrogens with zero attached hydrogens (tertiary/aromatic N) is 2. The van der Waals surface area contributed by atoms with Gasteiger partial charge in [0.25, 0.3) is 0 Å². The number of aliphatic carboxylic acids is 1. The summed E-state index contributed by atoms with van der Waals surface area (Å²) in [6, 6.07) is -0.417. The molecule has 3 saturated heterocycles. The number of aliphatic hydroxyl groups is 1. The van der Waals surface area contributed by atoms with Crippen LogP contribution in [0.1, 0.15) is 27.2 Å². The van der Waals surface area contributed by atoms with Gasteiger partial charge in [-0.05, 0) is 20.3 Å². The van der Waals surface area contributed by atoms with E-state index in [4.69, 9.17) is 0 Å². The maximum atomic E-state index is 12.9. The third-order valence-corrected chi connectivity index (χ3v) is 8.29. The first kappa shape index (κ1) is 24.3. The molecule has 0 aromatic heterocycles. The molecule has 0 aromatic carbocycles. The number of carboxylic acid groups (broad SMARTS) is 1. The van der Waals surface area contributed by atoms with Crippen LogP contribution >= 0.6 is 24.2 Å². The van der Waals surface area contributed by atoms with Crippen molar-refractivity contribution in [1.82, 2.24) is 20.4 Å². The first-order valence-electron chi connectivity index (χ1n) is 10.6. The van der Waals surface area contributed by atoms with E-state index in [9.17, 15) is 24.6 Å². The lowest BCUT2D eigenvalue weighted by Crippen LogP contribution is -2.63. The first-order valence-corrected chi connectivity index (χ1v) is 11.5. The summed E-state index contributed by atoms with van der Waals surface area (Å²) in [6.45, 7) is 8.43. The minimum atomic E-state index is -1.11. The monoisotopic (exact) mass is 474 g/mol. The number of carbonyl (C=O) groups is 3. The van der Waals surface area contributed by atoms with E-state index in [1.54, 1.807) is 6.92 Å². The Labute approximate surface area is 192 Å². The number of thioether (sulfide) groups is 1. The molecule has 11 heteroatoms. The predicted octanol–water partition coefficient (Wildman–Crippen LogP) is -0.154. The topological polar surface area (TPSA) is 122 Å². The fourth-order valence-corrected chi connectivity index (χ4v) is 6.69. The number of carbonyl (C=O) groups excluding carboxylic acids is 2. The van der Waals surface area contributed by atoms with Crippen molar-refractivity contribution in [1.29, 1.82) is 0 Å². The number of nitrogens with one attached hydrogen (secondary N) is 2. The highest BCUT2D eigenvalue weighted by Crippen LogP contribution is 2.51. The van der Waals surface area contributed by atoms with Crippen LogP contribution in [0.5, 0.6) is 0 Å². The van der Waals surface area contributed by atoms with E-state index >= 15 is 0 Å². The number of piperazine rings is 1. The minimum Gasteiger partial charge on any atom is -0.477 e. The largest absolute Gasteiger partial charge is 0.477 e. The van der Waals surface area contributed by atoms with Crippen LogP contribution in [0.25, 0.3) is 0 Å². The van der Waals surface area contributed by atoms with E-state index in [1.807, 2.05) is 18.7 Å².